The quantitative estimate of drug-likeness (QED) is 0.677. The molecule has 0 amide bonds. The molecule has 14 heavy (non-hydrogen) atoms. The first-order valence-electron chi connectivity index (χ1n) is 5.87. The number of halogens is 1. The lowest BCUT2D eigenvalue weighted by atomic mass is 10.0. The Balaban J connectivity index is 2.08. The summed E-state index contributed by atoms with van der Waals surface area (Å²) in [6, 6.07) is 0. The highest BCUT2D eigenvalue weighted by atomic mass is 79.9. The Morgan fingerprint density at radius 2 is 2.07 bits per heavy atom. The van der Waals surface area contributed by atoms with Crippen LogP contribution in [-0.4, -0.2) is 17.0 Å². The van der Waals surface area contributed by atoms with Gasteiger partial charge in [-0.25, -0.2) is 0 Å². The van der Waals surface area contributed by atoms with Crippen molar-refractivity contribution >= 4 is 15.9 Å². The standard InChI is InChI=1S/C12H23BrO/c1-9(2)8-11(13)5-7-12-6-4-10(3)14-12/h9-12H,4-8H2,1-3H3. The van der Waals surface area contributed by atoms with E-state index in [0.29, 0.717) is 17.0 Å². The summed E-state index contributed by atoms with van der Waals surface area (Å²) in [5, 5.41) is 0. The van der Waals surface area contributed by atoms with Crippen molar-refractivity contribution in [2.45, 2.75) is 69.9 Å². The van der Waals surface area contributed by atoms with Crippen LogP contribution < -0.4 is 0 Å². The van der Waals surface area contributed by atoms with Crippen LogP contribution in [0.2, 0.25) is 0 Å². The Bertz CT molecular complexity index is 158. The molecule has 0 aromatic rings. The average Bonchev–Trinajstić information content (AvgIpc) is 2.47. The van der Waals surface area contributed by atoms with E-state index in [2.05, 4.69) is 36.7 Å². The molecule has 2 heteroatoms. The lowest BCUT2D eigenvalue weighted by Gasteiger charge is -2.15. The van der Waals surface area contributed by atoms with Gasteiger partial charge in [-0.05, 0) is 44.9 Å². The zero-order valence-electron chi connectivity index (χ0n) is 9.63. The van der Waals surface area contributed by atoms with Crippen LogP contribution in [0.1, 0.15) is 52.9 Å². The summed E-state index contributed by atoms with van der Waals surface area (Å²) in [7, 11) is 0. The highest BCUT2D eigenvalue weighted by molar-refractivity contribution is 9.09. The molecule has 0 aromatic heterocycles. The maximum Gasteiger partial charge on any atom is 0.0580 e. The second-order valence-corrected chi connectivity index (χ2v) is 6.25. The summed E-state index contributed by atoms with van der Waals surface area (Å²) in [4.78, 5) is 0.682. The van der Waals surface area contributed by atoms with Crippen molar-refractivity contribution < 1.29 is 4.74 Å². The molecule has 1 heterocycles. The first-order chi connectivity index (χ1) is 6.58. The molecular formula is C12H23BrO. The van der Waals surface area contributed by atoms with Crippen LogP contribution in [-0.2, 0) is 4.74 Å². The van der Waals surface area contributed by atoms with Crippen LogP contribution >= 0.6 is 15.9 Å². The van der Waals surface area contributed by atoms with Gasteiger partial charge in [-0.15, -0.1) is 0 Å². The second-order valence-electron chi connectivity index (χ2n) is 4.95. The number of ether oxygens (including phenoxy) is 1. The summed E-state index contributed by atoms with van der Waals surface area (Å²) >= 11 is 3.75. The topological polar surface area (TPSA) is 9.23 Å². The molecule has 1 rings (SSSR count). The predicted octanol–water partition coefficient (Wildman–Crippen LogP) is 4.14. The molecule has 1 saturated heterocycles. The van der Waals surface area contributed by atoms with E-state index in [-0.39, 0.29) is 0 Å². The second kappa shape index (κ2) is 6.12. The minimum absolute atomic E-state index is 0.499. The molecule has 0 spiro atoms. The van der Waals surface area contributed by atoms with Gasteiger partial charge in [0.05, 0.1) is 12.2 Å². The van der Waals surface area contributed by atoms with E-state index in [0.717, 1.165) is 5.92 Å². The van der Waals surface area contributed by atoms with Crippen molar-refractivity contribution in [1.82, 2.24) is 0 Å². The van der Waals surface area contributed by atoms with E-state index in [1.54, 1.807) is 0 Å². The number of rotatable bonds is 5. The smallest absolute Gasteiger partial charge is 0.0580 e. The minimum Gasteiger partial charge on any atom is -0.375 e. The molecular weight excluding hydrogens is 240 g/mol. The van der Waals surface area contributed by atoms with Gasteiger partial charge in [0.25, 0.3) is 0 Å². The monoisotopic (exact) mass is 262 g/mol. The van der Waals surface area contributed by atoms with Crippen molar-refractivity contribution in [3.05, 3.63) is 0 Å². The fraction of sp³-hybridized carbons (Fsp3) is 1.00. The first-order valence-corrected chi connectivity index (χ1v) is 6.79. The van der Waals surface area contributed by atoms with Crippen LogP contribution in [0.15, 0.2) is 0 Å². The maximum atomic E-state index is 5.80. The predicted molar refractivity (Wildman–Crippen MR) is 65.0 cm³/mol. The van der Waals surface area contributed by atoms with Crippen molar-refractivity contribution in [3.8, 4) is 0 Å². The summed E-state index contributed by atoms with van der Waals surface area (Å²) in [5.41, 5.74) is 0. The largest absolute Gasteiger partial charge is 0.375 e. The molecule has 0 saturated carbocycles. The van der Waals surface area contributed by atoms with Crippen LogP contribution in [0.25, 0.3) is 0 Å². The Kier molecular flexibility index (Phi) is 5.47. The third kappa shape index (κ3) is 4.79. The molecule has 0 aromatic carbocycles. The zero-order chi connectivity index (χ0) is 10.6. The van der Waals surface area contributed by atoms with Crippen molar-refractivity contribution in [3.63, 3.8) is 0 Å². The molecule has 1 aliphatic rings. The van der Waals surface area contributed by atoms with Gasteiger partial charge in [-0.3, -0.25) is 0 Å². The van der Waals surface area contributed by atoms with E-state index in [1.165, 1.54) is 32.1 Å². The van der Waals surface area contributed by atoms with Crippen molar-refractivity contribution in [2.75, 3.05) is 0 Å². The van der Waals surface area contributed by atoms with E-state index in [1.807, 2.05) is 0 Å². The van der Waals surface area contributed by atoms with Gasteiger partial charge in [-0.2, -0.15) is 0 Å². The van der Waals surface area contributed by atoms with Crippen LogP contribution in [0.4, 0.5) is 0 Å². The van der Waals surface area contributed by atoms with Gasteiger partial charge >= 0.3 is 0 Å². The molecule has 3 unspecified atom stereocenters. The molecule has 3 atom stereocenters. The highest BCUT2D eigenvalue weighted by Gasteiger charge is 2.22. The highest BCUT2D eigenvalue weighted by Crippen LogP contribution is 2.26. The fourth-order valence-electron chi connectivity index (χ4n) is 2.09. The average molecular weight is 263 g/mol. The normalized spacial score (nSPS) is 29.8. The number of hydrogen-bond acceptors (Lipinski definition) is 1. The van der Waals surface area contributed by atoms with Gasteiger partial charge < -0.3 is 4.74 Å². The Labute approximate surface area is 96.7 Å². The fourth-order valence-corrected chi connectivity index (χ4v) is 3.11. The van der Waals surface area contributed by atoms with Gasteiger partial charge in [0.2, 0.25) is 0 Å². The first kappa shape index (κ1) is 12.5. The molecule has 0 aliphatic carbocycles. The molecule has 84 valence electrons. The van der Waals surface area contributed by atoms with Crippen LogP contribution in [0, 0.1) is 5.92 Å². The Morgan fingerprint density at radius 3 is 2.57 bits per heavy atom. The summed E-state index contributed by atoms with van der Waals surface area (Å²) in [6.07, 6.45) is 7.32. The maximum absolute atomic E-state index is 5.80. The van der Waals surface area contributed by atoms with Gasteiger partial charge in [-0.1, -0.05) is 29.8 Å². The van der Waals surface area contributed by atoms with Crippen molar-refractivity contribution in [1.29, 1.82) is 0 Å². The Morgan fingerprint density at radius 1 is 1.36 bits per heavy atom. The SMILES string of the molecule is CC(C)CC(Br)CCC1CCC(C)O1. The molecule has 0 radical (unpaired) electrons. The molecule has 1 nitrogen and oxygen atoms in total. The van der Waals surface area contributed by atoms with E-state index in [9.17, 15) is 0 Å². The summed E-state index contributed by atoms with van der Waals surface area (Å²) in [5.74, 6) is 0.794. The van der Waals surface area contributed by atoms with Gasteiger partial charge in [0.1, 0.15) is 0 Å². The molecule has 1 aliphatic heterocycles. The molecule has 1 fully saturated rings. The van der Waals surface area contributed by atoms with Gasteiger partial charge in [0, 0.05) is 4.83 Å². The lowest BCUT2D eigenvalue weighted by Crippen LogP contribution is -2.11. The number of hydrogen-bond donors (Lipinski definition) is 0. The van der Waals surface area contributed by atoms with Gasteiger partial charge in [0.15, 0.2) is 0 Å². The van der Waals surface area contributed by atoms with E-state index >= 15 is 0 Å². The summed E-state index contributed by atoms with van der Waals surface area (Å²) in [6.45, 7) is 6.74. The Hall–Kier alpha value is 0.440. The van der Waals surface area contributed by atoms with E-state index < -0.39 is 0 Å². The molecule has 0 N–H and O–H groups in total. The van der Waals surface area contributed by atoms with E-state index in [4.69, 9.17) is 4.74 Å². The lowest BCUT2D eigenvalue weighted by molar-refractivity contribution is 0.0497. The van der Waals surface area contributed by atoms with Crippen LogP contribution in [0.3, 0.4) is 0 Å². The zero-order valence-corrected chi connectivity index (χ0v) is 11.2. The van der Waals surface area contributed by atoms with Crippen LogP contribution in [0.5, 0.6) is 0 Å². The molecule has 0 bridgehead atoms. The third-order valence-electron chi connectivity index (χ3n) is 2.85. The minimum atomic E-state index is 0.499. The summed E-state index contributed by atoms with van der Waals surface area (Å²) < 4.78 is 5.80. The van der Waals surface area contributed by atoms with Crippen molar-refractivity contribution in [2.24, 2.45) is 5.92 Å². The third-order valence-corrected chi connectivity index (χ3v) is 3.68. The number of alkyl halides is 1.